The fourth-order valence-corrected chi connectivity index (χ4v) is 2.53. The van der Waals surface area contributed by atoms with Crippen LogP contribution in [0.4, 0.5) is 18.9 Å². The molecule has 0 bridgehead atoms. The lowest BCUT2D eigenvalue weighted by atomic mass is 10.1. The lowest BCUT2D eigenvalue weighted by Gasteiger charge is -2.10. The van der Waals surface area contributed by atoms with Crippen molar-refractivity contribution >= 4 is 34.7 Å². The van der Waals surface area contributed by atoms with E-state index in [4.69, 9.17) is 11.6 Å². The van der Waals surface area contributed by atoms with Crippen LogP contribution in [0.5, 0.6) is 0 Å². The first-order valence-corrected chi connectivity index (χ1v) is 8.66. The molecule has 3 aromatic heterocycles. The molecule has 3 aromatic rings. The van der Waals surface area contributed by atoms with Crippen LogP contribution in [0.15, 0.2) is 36.9 Å². The largest absolute Gasteiger partial charge is 0.405 e. The minimum atomic E-state index is -4.29. The molecule has 0 fully saturated rings. The zero-order valence-corrected chi connectivity index (χ0v) is 15.9. The summed E-state index contributed by atoms with van der Waals surface area (Å²) in [6, 6.07) is 4.36. The SMILES string of the molecule is CC(C)Nc1cncc(-c2c[nH]c3ncc(Cl)cc23)c1.O=CNCC(F)(F)F. The highest BCUT2D eigenvalue weighted by atomic mass is 35.5. The molecule has 0 radical (unpaired) electrons. The second-order valence-corrected chi connectivity index (χ2v) is 6.56. The van der Waals surface area contributed by atoms with Crippen molar-refractivity contribution in [2.45, 2.75) is 26.1 Å². The number of hydrogen-bond acceptors (Lipinski definition) is 4. The van der Waals surface area contributed by atoms with E-state index in [1.54, 1.807) is 6.20 Å². The maximum atomic E-state index is 11.0. The summed E-state index contributed by atoms with van der Waals surface area (Å²) in [6.07, 6.45) is 2.95. The minimum absolute atomic E-state index is 0.00743. The molecule has 28 heavy (non-hydrogen) atoms. The predicted molar refractivity (Wildman–Crippen MR) is 103 cm³/mol. The van der Waals surface area contributed by atoms with Gasteiger partial charge in [-0.15, -0.1) is 0 Å². The number of hydrogen-bond donors (Lipinski definition) is 3. The van der Waals surface area contributed by atoms with Gasteiger partial charge in [0.15, 0.2) is 0 Å². The summed E-state index contributed by atoms with van der Waals surface area (Å²) < 4.78 is 33.1. The highest BCUT2D eigenvalue weighted by molar-refractivity contribution is 6.31. The molecule has 0 aliphatic carbocycles. The Morgan fingerprint density at radius 2 is 2.00 bits per heavy atom. The third kappa shape index (κ3) is 6.41. The molecular formula is C18H19ClF3N5O. The van der Waals surface area contributed by atoms with E-state index in [1.807, 2.05) is 24.7 Å². The summed E-state index contributed by atoms with van der Waals surface area (Å²) in [5.41, 5.74) is 3.91. The number of rotatable bonds is 5. The lowest BCUT2D eigenvalue weighted by Crippen LogP contribution is -2.27. The summed E-state index contributed by atoms with van der Waals surface area (Å²) >= 11 is 6.03. The Balaban J connectivity index is 0.000000300. The Labute approximate surface area is 164 Å². The number of aromatic nitrogens is 3. The highest BCUT2D eigenvalue weighted by Crippen LogP contribution is 2.30. The summed E-state index contributed by atoms with van der Waals surface area (Å²) in [5, 5.41) is 6.46. The van der Waals surface area contributed by atoms with E-state index < -0.39 is 12.7 Å². The first kappa shape index (κ1) is 21.5. The van der Waals surface area contributed by atoms with Gasteiger partial charge in [0, 0.05) is 47.3 Å². The fourth-order valence-electron chi connectivity index (χ4n) is 2.37. The number of carbonyl (C=O) groups is 1. The van der Waals surface area contributed by atoms with Crippen LogP contribution in [0.2, 0.25) is 5.02 Å². The van der Waals surface area contributed by atoms with E-state index in [-0.39, 0.29) is 6.41 Å². The number of fused-ring (bicyclic) bond motifs is 1. The molecular weight excluding hydrogens is 395 g/mol. The van der Waals surface area contributed by atoms with Gasteiger partial charge in [0.1, 0.15) is 12.2 Å². The molecule has 0 saturated carbocycles. The van der Waals surface area contributed by atoms with E-state index in [0.717, 1.165) is 27.8 Å². The molecule has 0 aliphatic rings. The fraction of sp³-hybridized carbons (Fsp3) is 0.278. The Bertz CT molecular complexity index is 927. The van der Waals surface area contributed by atoms with Gasteiger partial charge in [0.25, 0.3) is 0 Å². The number of nitrogens with zero attached hydrogens (tertiary/aromatic N) is 2. The van der Waals surface area contributed by atoms with Crippen molar-refractivity contribution in [1.82, 2.24) is 20.3 Å². The molecule has 0 aliphatic heterocycles. The molecule has 0 spiro atoms. The van der Waals surface area contributed by atoms with Gasteiger partial charge < -0.3 is 15.6 Å². The number of halogens is 4. The van der Waals surface area contributed by atoms with Gasteiger partial charge in [-0.25, -0.2) is 4.98 Å². The highest BCUT2D eigenvalue weighted by Gasteiger charge is 2.25. The first-order valence-electron chi connectivity index (χ1n) is 8.28. The predicted octanol–water partition coefficient (Wildman–Crippen LogP) is 4.39. The number of carbonyl (C=O) groups excluding carboxylic acids is 1. The first-order chi connectivity index (χ1) is 13.2. The maximum Gasteiger partial charge on any atom is 0.405 e. The van der Waals surface area contributed by atoms with E-state index in [0.29, 0.717) is 11.1 Å². The molecule has 3 N–H and O–H groups in total. The monoisotopic (exact) mass is 413 g/mol. The van der Waals surface area contributed by atoms with Crippen LogP contribution in [0.1, 0.15) is 13.8 Å². The zero-order chi connectivity index (χ0) is 20.7. The number of anilines is 1. The van der Waals surface area contributed by atoms with Crippen molar-refractivity contribution in [2.24, 2.45) is 0 Å². The van der Waals surface area contributed by atoms with Gasteiger partial charge in [-0.3, -0.25) is 9.78 Å². The van der Waals surface area contributed by atoms with E-state index >= 15 is 0 Å². The molecule has 10 heteroatoms. The Hall–Kier alpha value is -2.81. The normalized spacial score (nSPS) is 11.1. The third-order valence-corrected chi connectivity index (χ3v) is 3.59. The van der Waals surface area contributed by atoms with Crippen molar-refractivity contribution in [1.29, 1.82) is 0 Å². The van der Waals surface area contributed by atoms with Gasteiger partial charge in [0.2, 0.25) is 6.41 Å². The molecule has 0 aromatic carbocycles. The number of alkyl halides is 3. The molecule has 0 saturated heterocycles. The smallest absolute Gasteiger partial charge is 0.382 e. The van der Waals surface area contributed by atoms with Gasteiger partial charge in [-0.05, 0) is 26.0 Å². The van der Waals surface area contributed by atoms with E-state index in [2.05, 4.69) is 40.2 Å². The maximum absolute atomic E-state index is 11.0. The number of H-pyrrole nitrogens is 1. The van der Waals surface area contributed by atoms with Crippen LogP contribution in [-0.4, -0.2) is 40.1 Å². The molecule has 3 rings (SSSR count). The standard InChI is InChI=1S/C15H15ClN4.C3H4F3NO/c1-9(2)20-12-3-10(5-17-7-12)14-8-19-15-13(14)4-11(16)6-18-15;4-3(5,6)1-7-2-8/h3-9,20H,1-2H3,(H,18,19);2H,1H2,(H,7,8). The van der Waals surface area contributed by atoms with Crippen LogP contribution < -0.4 is 10.6 Å². The van der Waals surface area contributed by atoms with Crippen molar-refractivity contribution < 1.29 is 18.0 Å². The van der Waals surface area contributed by atoms with Crippen LogP contribution in [0.25, 0.3) is 22.2 Å². The van der Waals surface area contributed by atoms with Crippen molar-refractivity contribution in [3.63, 3.8) is 0 Å². The molecule has 0 atom stereocenters. The molecule has 150 valence electrons. The quantitative estimate of drug-likeness (QED) is 0.542. The molecule has 3 heterocycles. The summed E-state index contributed by atoms with van der Waals surface area (Å²) in [7, 11) is 0. The molecule has 0 unspecified atom stereocenters. The average Bonchev–Trinajstić information content (AvgIpc) is 3.02. The van der Waals surface area contributed by atoms with Gasteiger partial charge in [-0.2, -0.15) is 13.2 Å². The summed E-state index contributed by atoms with van der Waals surface area (Å²) in [5.74, 6) is 0. The number of pyridine rings is 2. The number of amides is 1. The van der Waals surface area contributed by atoms with E-state index in [1.165, 1.54) is 5.32 Å². The second-order valence-electron chi connectivity index (χ2n) is 6.13. The van der Waals surface area contributed by atoms with Crippen LogP contribution in [0, 0.1) is 0 Å². The number of nitrogens with one attached hydrogen (secondary N) is 3. The Morgan fingerprint density at radius 1 is 1.25 bits per heavy atom. The lowest BCUT2D eigenvalue weighted by molar-refractivity contribution is -0.132. The summed E-state index contributed by atoms with van der Waals surface area (Å²) in [6.45, 7) is 2.95. The van der Waals surface area contributed by atoms with Gasteiger partial charge >= 0.3 is 6.18 Å². The van der Waals surface area contributed by atoms with Crippen LogP contribution in [-0.2, 0) is 4.79 Å². The summed E-state index contributed by atoms with van der Waals surface area (Å²) in [4.78, 5) is 21.0. The van der Waals surface area contributed by atoms with Crippen LogP contribution >= 0.6 is 11.6 Å². The van der Waals surface area contributed by atoms with E-state index in [9.17, 15) is 18.0 Å². The molecule has 6 nitrogen and oxygen atoms in total. The third-order valence-electron chi connectivity index (χ3n) is 3.39. The minimum Gasteiger partial charge on any atom is -0.382 e. The van der Waals surface area contributed by atoms with Crippen molar-refractivity contribution in [2.75, 3.05) is 11.9 Å². The van der Waals surface area contributed by atoms with Crippen molar-refractivity contribution in [3.05, 3.63) is 41.9 Å². The topological polar surface area (TPSA) is 82.7 Å². The van der Waals surface area contributed by atoms with Gasteiger partial charge in [-0.1, -0.05) is 11.6 Å². The molecule has 1 amide bonds. The number of aromatic amines is 1. The average molecular weight is 414 g/mol. The second kappa shape index (κ2) is 9.41. The van der Waals surface area contributed by atoms with Gasteiger partial charge in [0.05, 0.1) is 10.7 Å². The van der Waals surface area contributed by atoms with Crippen LogP contribution in [0.3, 0.4) is 0 Å². The zero-order valence-electron chi connectivity index (χ0n) is 15.1. The Morgan fingerprint density at radius 3 is 2.61 bits per heavy atom. The Kier molecular flexibility index (Phi) is 7.22. The van der Waals surface area contributed by atoms with Crippen molar-refractivity contribution in [3.8, 4) is 11.1 Å².